The van der Waals surface area contributed by atoms with Gasteiger partial charge in [-0.2, -0.15) is 0 Å². The molecule has 1 aliphatic heterocycles. The second kappa shape index (κ2) is 7.45. The third-order valence-corrected chi connectivity index (χ3v) is 5.63. The Hall–Kier alpha value is -1.39. The van der Waals surface area contributed by atoms with Gasteiger partial charge in [-0.25, -0.2) is 0 Å². The Morgan fingerprint density at radius 1 is 1.26 bits per heavy atom. The maximum Gasteiger partial charge on any atom is 0.237 e. The van der Waals surface area contributed by atoms with Gasteiger partial charge in [0, 0.05) is 25.0 Å². The molecule has 2 aliphatic rings. The Bertz CT molecular complexity index is 513. The summed E-state index contributed by atoms with van der Waals surface area (Å²) in [6.45, 7) is 4.54. The van der Waals surface area contributed by atoms with Crippen LogP contribution in [0.15, 0.2) is 30.3 Å². The minimum atomic E-state index is -0.0710. The fourth-order valence-corrected chi connectivity index (χ4v) is 4.10. The summed E-state index contributed by atoms with van der Waals surface area (Å²) >= 11 is 0. The van der Waals surface area contributed by atoms with Crippen LogP contribution in [0.1, 0.15) is 44.1 Å². The fraction of sp³-hybridized carbons (Fsp3) is 0.632. The van der Waals surface area contributed by atoms with Crippen LogP contribution in [0.4, 0.5) is 0 Å². The van der Waals surface area contributed by atoms with Crippen LogP contribution in [0.2, 0.25) is 0 Å². The standard InChI is InChI=1S/C19H29N3O/c1-14(19(23)21-17-9-5-6-10-17)22-12-16(11-20)18(13-22)15-7-3-2-4-8-15/h2-4,7-8,14,16-18H,5-6,9-13,20H2,1H3,(H,21,23)/t14?,16-,18+/m1/s1. The second-order valence-electron chi connectivity index (χ2n) is 7.13. The molecule has 1 aromatic carbocycles. The number of hydrogen-bond donors (Lipinski definition) is 2. The minimum Gasteiger partial charge on any atom is -0.352 e. The first-order chi connectivity index (χ1) is 11.2. The van der Waals surface area contributed by atoms with Gasteiger partial charge in [0.1, 0.15) is 0 Å². The van der Waals surface area contributed by atoms with Crippen LogP contribution < -0.4 is 11.1 Å². The third-order valence-electron chi connectivity index (χ3n) is 5.63. The first-order valence-corrected chi connectivity index (χ1v) is 8.98. The zero-order chi connectivity index (χ0) is 16.2. The second-order valence-corrected chi connectivity index (χ2v) is 7.13. The van der Waals surface area contributed by atoms with Crippen molar-refractivity contribution in [3.63, 3.8) is 0 Å². The van der Waals surface area contributed by atoms with E-state index in [1.807, 2.05) is 13.0 Å². The molecule has 0 bridgehead atoms. The lowest BCUT2D eigenvalue weighted by Crippen LogP contribution is -2.47. The molecular formula is C19H29N3O. The van der Waals surface area contributed by atoms with Gasteiger partial charge >= 0.3 is 0 Å². The predicted molar refractivity (Wildman–Crippen MR) is 93.2 cm³/mol. The molecule has 0 radical (unpaired) electrons. The van der Waals surface area contributed by atoms with E-state index in [9.17, 15) is 4.79 Å². The van der Waals surface area contributed by atoms with E-state index in [1.165, 1.54) is 18.4 Å². The van der Waals surface area contributed by atoms with Crippen LogP contribution in [-0.2, 0) is 4.79 Å². The number of carbonyl (C=O) groups is 1. The van der Waals surface area contributed by atoms with Gasteiger partial charge in [-0.1, -0.05) is 43.2 Å². The number of hydrogen-bond acceptors (Lipinski definition) is 3. The minimum absolute atomic E-state index is 0.0710. The molecule has 3 rings (SSSR count). The van der Waals surface area contributed by atoms with Gasteiger partial charge in [-0.3, -0.25) is 9.69 Å². The molecule has 1 saturated heterocycles. The summed E-state index contributed by atoms with van der Waals surface area (Å²) in [5.74, 6) is 1.04. The largest absolute Gasteiger partial charge is 0.352 e. The Balaban J connectivity index is 1.63. The number of nitrogens with one attached hydrogen (secondary N) is 1. The summed E-state index contributed by atoms with van der Waals surface area (Å²) in [5, 5.41) is 3.23. The molecule has 1 saturated carbocycles. The highest BCUT2D eigenvalue weighted by molar-refractivity contribution is 5.81. The fourth-order valence-electron chi connectivity index (χ4n) is 4.10. The average Bonchev–Trinajstić information content (AvgIpc) is 3.24. The van der Waals surface area contributed by atoms with E-state index in [1.54, 1.807) is 0 Å². The van der Waals surface area contributed by atoms with Crippen LogP contribution in [0.25, 0.3) is 0 Å². The van der Waals surface area contributed by atoms with Gasteiger partial charge in [0.2, 0.25) is 5.91 Å². The number of carbonyl (C=O) groups excluding carboxylic acids is 1. The molecule has 23 heavy (non-hydrogen) atoms. The summed E-state index contributed by atoms with van der Waals surface area (Å²) in [7, 11) is 0. The highest BCUT2D eigenvalue weighted by Crippen LogP contribution is 2.33. The molecule has 0 aromatic heterocycles. The van der Waals surface area contributed by atoms with Crippen molar-refractivity contribution in [3.8, 4) is 0 Å². The molecule has 1 aliphatic carbocycles. The van der Waals surface area contributed by atoms with Gasteiger partial charge in [-0.05, 0) is 37.8 Å². The summed E-state index contributed by atoms with van der Waals surface area (Å²) < 4.78 is 0. The number of nitrogens with two attached hydrogens (primary N) is 1. The number of nitrogens with zero attached hydrogens (tertiary/aromatic N) is 1. The topological polar surface area (TPSA) is 58.4 Å². The van der Waals surface area contributed by atoms with Crippen molar-refractivity contribution < 1.29 is 4.79 Å². The third kappa shape index (κ3) is 3.75. The number of rotatable bonds is 5. The Morgan fingerprint density at radius 2 is 1.96 bits per heavy atom. The SMILES string of the molecule is CC(C(=O)NC1CCCC1)N1C[C@@H](CN)[C@H](c2ccccc2)C1. The van der Waals surface area contributed by atoms with E-state index in [0.29, 0.717) is 24.4 Å². The Kier molecular flexibility index (Phi) is 5.34. The molecule has 3 N–H and O–H groups in total. The van der Waals surface area contributed by atoms with Crippen molar-refractivity contribution in [1.29, 1.82) is 0 Å². The highest BCUT2D eigenvalue weighted by atomic mass is 16.2. The van der Waals surface area contributed by atoms with E-state index in [2.05, 4.69) is 34.5 Å². The molecule has 2 fully saturated rings. The number of amides is 1. The quantitative estimate of drug-likeness (QED) is 0.875. The predicted octanol–water partition coefficient (Wildman–Crippen LogP) is 2.11. The maximum absolute atomic E-state index is 12.5. The van der Waals surface area contributed by atoms with Crippen LogP contribution in [0.3, 0.4) is 0 Å². The molecular weight excluding hydrogens is 286 g/mol. The van der Waals surface area contributed by atoms with Crippen LogP contribution in [0, 0.1) is 5.92 Å². The van der Waals surface area contributed by atoms with Crippen LogP contribution in [-0.4, -0.2) is 42.5 Å². The van der Waals surface area contributed by atoms with Crippen molar-refractivity contribution in [3.05, 3.63) is 35.9 Å². The van der Waals surface area contributed by atoms with Crippen molar-refractivity contribution in [1.82, 2.24) is 10.2 Å². The monoisotopic (exact) mass is 315 g/mol. The van der Waals surface area contributed by atoms with Crippen molar-refractivity contribution in [2.45, 2.75) is 50.6 Å². The molecule has 1 unspecified atom stereocenters. The molecule has 3 atom stereocenters. The lowest BCUT2D eigenvalue weighted by atomic mass is 9.89. The lowest BCUT2D eigenvalue weighted by molar-refractivity contribution is -0.126. The van der Waals surface area contributed by atoms with Crippen molar-refractivity contribution in [2.24, 2.45) is 11.7 Å². The summed E-state index contributed by atoms with van der Waals surface area (Å²) in [6, 6.07) is 10.9. The molecule has 1 heterocycles. The Labute approximate surface area is 139 Å². The average molecular weight is 315 g/mol. The van der Waals surface area contributed by atoms with Gasteiger partial charge in [0.25, 0.3) is 0 Å². The normalized spacial score (nSPS) is 27.2. The van der Waals surface area contributed by atoms with Gasteiger partial charge in [0.15, 0.2) is 0 Å². The Morgan fingerprint density at radius 3 is 2.61 bits per heavy atom. The van der Waals surface area contributed by atoms with Crippen molar-refractivity contribution in [2.75, 3.05) is 19.6 Å². The van der Waals surface area contributed by atoms with Crippen LogP contribution in [0.5, 0.6) is 0 Å². The molecule has 0 spiro atoms. The molecule has 1 aromatic rings. The maximum atomic E-state index is 12.5. The first-order valence-electron chi connectivity index (χ1n) is 8.98. The van der Waals surface area contributed by atoms with Crippen LogP contribution >= 0.6 is 0 Å². The molecule has 4 nitrogen and oxygen atoms in total. The summed E-state index contributed by atoms with van der Waals surface area (Å²) in [4.78, 5) is 14.8. The first kappa shape index (κ1) is 16.5. The van der Waals surface area contributed by atoms with Gasteiger partial charge < -0.3 is 11.1 Å². The van der Waals surface area contributed by atoms with E-state index >= 15 is 0 Å². The molecule has 1 amide bonds. The van der Waals surface area contributed by atoms with E-state index in [-0.39, 0.29) is 11.9 Å². The van der Waals surface area contributed by atoms with E-state index in [0.717, 1.165) is 25.9 Å². The lowest BCUT2D eigenvalue weighted by Gasteiger charge is -2.25. The van der Waals surface area contributed by atoms with Crippen molar-refractivity contribution >= 4 is 5.91 Å². The smallest absolute Gasteiger partial charge is 0.237 e. The molecule has 4 heteroatoms. The summed E-state index contributed by atoms with van der Waals surface area (Å²) in [5.41, 5.74) is 7.35. The van der Waals surface area contributed by atoms with E-state index in [4.69, 9.17) is 5.73 Å². The van der Waals surface area contributed by atoms with E-state index < -0.39 is 0 Å². The van der Waals surface area contributed by atoms with Gasteiger partial charge in [-0.15, -0.1) is 0 Å². The zero-order valence-corrected chi connectivity index (χ0v) is 14.1. The summed E-state index contributed by atoms with van der Waals surface area (Å²) in [6.07, 6.45) is 4.76. The highest BCUT2D eigenvalue weighted by Gasteiger charge is 2.37. The number of likely N-dealkylation sites (tertiary alicyclic amines) is 1. The van der Waals surface area contributed by atoms with Gasteiger partial charge in [0.05, 0.1) is 6.04 Å². The molecule has 126 valence electrons. The zero-order valence-electron chi connectivity index (χ0n) is 14.1. The number of benzene rings is 1.